The Balaban J connectivity index is 2.78. The lowest BCUT2D eigenvalue weighted by Crippen LogP contribution is -2.42. The van der Waals surface area contributed by atoms with Crippen molar-refractivity contribution in [1.82, 2.24) is 10.3 Å². The second kappa shape index (κ2) is 5.80. The zero-order chi connectivity index (χ0) is 14.6. The Labute approximate surface area is 107 Å². The molecule has 0 fully saturated rings. The van der Waals surface area contributed by atoms with Crippen LogP contribution < -0.4 is 5.32 Å². The van der Waals surface area contributed by atoms with Crippen LogP contribution in [-0.2, 0) is 9.59 Å². The Kier molecular flexibility index (Phi) is 4.41. The summed E-state index contributed by atoms with van der Waals surface area (Å²) in [6, 6.07) is -0.272. The van der Waals surface area contributed by atoms with Gasteiger partial charge in [-0.2, -0.15) is 0 Å². The number of aromatic amines is 1. The number of rotatable bonds is 6. The number of aliphatic carboxylic acids is 2. The van der Waals surface area contributed by atoms with Crippen LogP contribution in [0.25, 0.3) is 0 Å². The van der Waals surface area contributed by atoms with Gasteiger partial charge < -0.3 is 20.5 Å². The molecule has 0 aliphatic rings. The van der Waals surface area contributed by atoms with Crippen molar-refractivity contribution in [2.45, 2.75) is 19.4 Å². The van der Waals surface area contributed by atoms with Crippen LogP contribution >= 0.6 is 0 Å². The van der Waals surface area contributed by atoms with Crippen molar-refractivity contribution >= 4 is 23.6 Å². The van der Waals surface area contributed by atoms with Gasteiger partial charge in [-0.05, 0) is 13.0 Å². The Morgan fingerprint density at radius 2 is 1.95 bits per heavy atom. The Morgan fingerprint density at radius 1 is 1.32 bits per heavy atom. The zero-order valence-corrected chi connectivity index (χ0v) is 9.97. The predicted octanol–water partition coefficient (Wildman–Crippen LogP) is -0.125. The van der Waals surface area contributed by atoms with Crippen molar-refractivity contribution in [2.24, 2.45) is 0 Å². The van der Waals surface area contributed by atoms with Gasteiger partial charge in [-0.25, -0.2) is 4.79 Å². The molecule has 0 aliphatic carbocycles. The lowest BCUT2D eigenvalue weighted by molar-refractivity contribution is -0.145. The van der Waals surface area contributed by atoms with E-state index in [2.05, 4.69) is 10.3 Å². The maximum Gasteiger partial charge on any atom is 0.326 e. The molecule has 1 aromatic rings. The van der Waals surface area contributed by atoms with Gasteiger partial charge in [0.25, 0.3) is 5.91 Å². The van der Waals surface area contributed by atoms with Gasteiger partial charge in [-0.1, -0.05) is 0 Å². The summed E-state index contributed by atoms with van der Waals surface area (Å²) in [5.74, 6) is -3.84. The number of carboxylic acid groups (broad SMARTS) is 2. The van der Waals surface area contributed by atoms with Crippen molar-refractivity contribution in [3.05, 3.63) is 23.5 Å². The molecule has 1 heterocycles. The van der Waals surface area contributed by atoms with Gasteiger partial charge in [-0.3, -0.25) is 14.4 Å². The molecule has 8 heteroatoms. The molecular weight excluding hydrogens is 256 g/mol. The smallest absolute Gasteiger partial charge is 0.326 e. The summed E-state index contributed by atoms with van der Waals surface area (Å²) in [5.41, 5.74) is 0.261. The molecule has 0 spiro atoms. The normalized spacial score (nSPS) is 11.6. The van der Waals surface area contributed by atoms with E-state index in [0.29, 0.717) is 0 Å². The fourth-order valence-electron chi connectivity index (χ4n) is 1.34. The minimum Gasteiger partial charge on any atom is -0.481 e. The maximum atomic E-state index is 11.7. The number of hydrogen-bond acceptors (Lipinski definition) is 4. The number of H-pyrrole nitrogens is 1. The van der Waals surface area contributed by atoms with Gasteiger partial charge in [0.2, 0.25) is 0 Å². The summed E-state index contributed by atoms with van der Waals surface area (Å²) in [6.45, 7) is 1.31. The second-order valence-electron chi connectivity index (χ2n) is 3.82. The molecule has 8 nitrogen and oxygen atoms in total. The maximum absolute atomic E-state index is 11.7. The lowest BCUT2D eigenvalue weighted by atomic mass is 10.2. The number of Topliss-reactive ketones (excluding diaryl/α,β-unsaturated/α-hetero) is 1. The topological polar surface area (TPSA) is 137 Å². The van der Waals surface area contributed by atoms with E-state index < -0.39 is 30.3 Å². The first-order valence-electron chi connectivity index (χ1n) is 5.26. The van der Waals surface area contributed by atoms with Crippen molar-refractivity contribution in [1.29, 1.82) is 0 Å². The van der Waals surface area contributed by atoms with E-state index in [1.165, 1.54) is 19.2 Å². The van der Waals surface area contributed by atoms with Gasteiger partial charge in [0.15, 0.2) is 5.78 Å². The third-order valence-electron chi connectivity index (χ3n) is 2.32. The molecular formula is C11H12N2O6. The van der Waals surface area contributed by atoms with E-state index in [-0.39, 0.29) is 17.0 Å². The van der Waals surface area contributed by atoms with Crippen molar-refractivity contribution in [3.63, 3.8) is 0 Å². The number of nitrogens with one attached hydrogen (secondary N) is 2. The second-order valence-corrected chi connectivity index (χ2v) is 3.82. The quantitative estimate of drug-likeness (QED) is 0.531. The third kappa shape index (κ3) is 3.95. The van der Waals surface area contributed by atoms with Crippen LogP contribution in [0.15, 0.2) is 12.3 Å². The van der Waals surface area contributed by atoms with Crippen LogP contribution in [0.1, 0.15) is 34.2 Å². The molecule has 0 saturated carbocycles. The molecule has 4 N–H and O–H groups in total. The van der Waals surface area contributed by atoms with E-state index in [1.807, 2.05) is 0 Å². The molecule has 0 aliphatic heterocycles. The average Bonchev–Trinajstić information content (AvgIpc) is 2.76. The highest BCUT2D eigenvalue weighted by molar-refractivity contribution is 6.00. The van der Waals surface area contributed by atoms with E-state index in [0.717, 1.165) is 0 Å². The van der Waals surface area contributed by atoms with E-state index in [1.54, 1.807) is 0 Å². The first-order valence-corrected chi connectivity index (χ1v) is 5.26. The number of amides is 1. The number of ketones is 1. The molecule has 1 amide bonds. The molecule has 0 aromatic carbocycles. The van der Waals surface area contributed by atoms with Crippen LogP contribution in [0, 0.1) is 0 Å². The monoisotopic (exact) mass is 268 g/mol. The summed E-state index contributed by atoms with van der Waals surface area (Å²) in [4.78, 5) is 46.4. The van der Waals surface area contributed by atoms with Gasteiger partial charge in [0.05, 0.1) is 6.42 Å². The number of hydrogen-bond donors (Lipinski definition) is 4. The highest BCUT2D eigenvalue weighted by Gasteiger charge is 2.24. The van der Waals surface area contributed by atoms with Gasteiger partial charge >= 0.3 is 11.9 Å². The van der Waals surface area contributed by atoms with Crippen LogP contribution in [-0.4, -0.2) is 44.9 Å². The highest BCUT2D eigenvalue weighted by atomic mass is 16.4. The van der Waals surface area contributed by atoms with Crippen LogP contribution in [0.5, 0.6) is 0 Å². The fraction of sp³-hybridized carbons (Fsp3) is 0.273. The van der Waals surface area contributed by atoms with Crippen molar-refractivity contribution < 1.29 is 29.4 Å². The van der Waals surface area contributed by atoms with Gasteiger partial charge in [0.1, 0.15) is 11.7 Å². The predicted molar refractivity (Wildman–Crippen MR) is 61.9 cm³/mol. The molecule has 1 atom stereocenters. The summed E-state index contributed by atoms with van der Waals surface area (Å²) in [7, 11) is 0. The zero-order valence-electron chi connectivity index (χ0n) is 9.97. The molecule has 1 unspecified atom stereocenters. The third-order valence-corrected chi connectivity index (χ3v) is 2.32. The minimum atomic E-state index is -1.53. The Morgan fingerprint density at radius 3 is 2.37 bits per heavy atom. The lowest BCUT2D eigenvalue weighted by Gasteiger charge is -2.11. The Hall–Kier alpha value is -2.64. The van der Waals surface area contributed by atoms with Crippen LogP contribution in [0.3, 0.4) is 0 Å². The van der Waals surface area contributed by atoms with E-state index >= 15 is 0 Å². The first-order chi connectivity index (χ1) is 8.81. The summed E-state index contributed by atoms with van der Waals surface area (Å²) in [6.07, 6.45) is 0.575. The van der Waals surface area contributed by atoms with E-state index in [9.17, 15) is 19.2 Å². The minimum absolute atomic E-state index is 0.0122. The standard InChI is InChI=1S/C11H12N2O6/c1-5(14)6-2-7(12-4-6)10(17)13-8(11(18)19)3-9(15)16/h2,4,8,12H,3H2,1H3,(H,13,17)(H,15,16)(H,18,19). The summed E-state index contributed by atoms with van der Waals surface area (Å²) >= 11 is 0. The number of aromatic nitrogens is 1. The Bertz CT molecular complexity index is 533. The summed E-state index contributed by atoms with van der Waals surface area (Å²) < 4.78 is 0. The first kappa shape index (κ1) is 14.4. The number of carbonyl (C=O) groups excluding carboxylic acids is 2. The highest BCUT2D eigenvalue weighted by Crippen LogP contribution is 2.05. The SMILES string of the molecule is CC(=O)c1c[nH]c(C(=O)NC(CC(=O)O)C(=O)O)c1. The van der Waals surface area contributed by atoms with Crippen LogP contribution in [0.2, 0.25) is 0 Å². The molecule has 0 saturated heterocycles. The average molecular weight is 268 g/mol. The van der Waals surface area contributed by atoms with Crippen molar-refractivity contribution in [2.75, 3.05) is 0 Å². The molecule has 0 bridgehead atoms. The van der Waals surface area contributed by atoms with E-state index in [4.69, 9.17) is 10.2 Å². The molecule has 1 aromatic heterocycles. The van der Waals surface area contributed by atoms with Gasteiger partial charge in [-0.15, -0.1) is 0 Å². The largest absolute Gasteiger partial charge is 0.481 e. The van der Waals surface area contributed by atoms with Gasteiger partial charge in [0, 0.05) is 11.8 Å². The number of carboxylic acids is 2. The number of carbonyl (C=O) groups is 4. The van der Waals surface area contributed by atoms with Crippen LogP contribution in [0.4, 0.5) is 0 Å². The molecule has 102 valence electrons. The molecule has 1 rings (SSSR count). The summed E-state index contributed by atoms with van der Waals surface area (Å²) in [5, 5.41) is 19.3. The van der Waals surface area contributed by atoms with Crippen molar-refractivity contribution in [3.8, 4) is 0 Å². The molecule has 0 radical (unpaired) electrons. The molecule has 19 heavy (non-hydrogen) atoms. The fourth-order valence-corrected chi connectivity index (χ4v) is 1.34.